The van der Waals surface area contributed by atoms with Gasteiger partial charge in [0.05, 0.1) is 0 Å². The first-order chi connectivity index (χ1) is 9.18. The number of aromatic nitrogens is 1. The second kappa shape index (κ2) is 8.91. The minimum Gasteiger partial charge on any atom is -0.439 e. The van der Waals surface area contributed by atoms with Crippen molar-refractivity contribution in [3.8, 4) is 0 Å². The predicted octanol–water partition coefficient (Wildman–Crippen LogP) is 1.01. The third-order valence-electron chi connectivity index (χ3n) is 2.45. The molecular weight excluding hydrogens is 246 g/mol. The van der Waals surface area contributed by atoms with E-state index in [0.717, 1.165) is 31.4 Å². The molecule has 0 bridgehead atoms. The Labute approximate surface area is 112 Å². The highest BCUT2D eigenvalue weighted by Gasteiger charge is 2.02. The van der Waals surface area contributed by atoms with Crippen LogP contribution in [0, 0.1) is 0 Å². The minimum atomic E-state index is -0.662. The van der Waals surface area contributed by atoms with Crippen LogP contribution in [0.15, 0.2) is 24.4 Å². The largest absolute Gasteiger partial charge is 0.439 e. The van der Waals surface area contributed by atoms with Crippen LogP contribution < -0.4 is 11.1 Å². The van der Waals surface area contributed by atoms with Gasteiger partial charge in [0.2, 0.25) is 0 Å². The van der Waals surface area contributed by atoms with E-state index in [2.05, 4.69) is 15.0 Å². The molecule has 2 amide bonds. The van der Waals surface area contributed by atoms with Crippen molar-refractivity contribution in [2.75, 3.05) is 13.2 Å². The van der Waals surface area contributed by atoms with Gasteiger partial charge in [-0.1, -0.05) is 12.5 Å². The van der Waals surface area contributed by atoms with Gasteiger partial charge < -0.3 is 15.8 Å². The van der Waals surface area contributed by atoms with Crippen molar-refractivity contribution in [2.24, 2.45) is 5.73 Å². The van der Waals surface area contributed by atoms with E-state index in [0.29, 0.717) is 6.54 Å². The molecule has 104 valence electrons. The quantitative estimate of drug-likeness (QED) is 0.686. The van der Waals surface area contributed by atoms with Crippen LogP contribution in [0.4, 0.5) is 4.79 Å². The van der Waals surface area contributed by atoms with Gasteiger partial charge >= 0.3 is 6.09 Å². The number of carbonyl (C=O) groups excluding carboxylic acids is 2. The number of hydrogen-bond donors (Lipinski definition) is 2. The van der Waals surface area contributed by atoms with E-state index in [4.69, 9.17) is 5.73 Å². The summed E-state index contributed by atoms with van der Waals surface area (Å²) in [6.45, 7) is 0.144. The maximum Gasteiger partial charge on any atom is 0.407 e. The lowest BCUT2D eigenvalue weighted by atomic mass is 10.1. The van der Waals surface area contributed by atoms with Crippen molar-refractivity contribution in [2.45, 2.75) is 25.7 Å². The van der Waals surface area contributed by atoms with Crippen LogP contribution in [0.3, 0.4) is 0 Å². The normalized spacial score (nSPS) is 9.89. The first-order valence-electron chi connectivity index (χ1n) is 6.27. The molecule has 1 aromatic rings. The number of nitrogens with zero attached hydrogens (tertiary/aromatic N) is 1. The van der Waals surface area contributed by atoms with Gasteiger partial charge in [-0.05, 0) is 31.4 Å². The molecule has 0 atom stereocenters. The van der Waals surface area contributed by atoms with Crippen LogP contribution >= 0.6 is 0 Å². The third kappa shape index (κ3) is 7.75. The fraction of sp³-hybridized carbons (Fsp3) is 0.462. The van der Waals surface area contributed by atoms with Gasteiger partial charge in [-0.3, -0.25) is 9.78 Å². The average molecular weight is 265 g/mol. The summed E-state index contributed by atoms with van der Waals surface area (Å²) in [6, 6.07) is 5.86. The van der Waals surface area contributed by atoms with E-state index in [1.165, 1.54) is 0 Å². The summed E-state index contributed by atoms with van der Waals surface area (Å²) in [4.78, 5) is 25.6. The number of unbranched alkanes of at least 4 members (excludes halogenated alkanes) is 2. The van der Waals surface area contributed by atoms with E-state index < -0.39 is 12.0 Å². The number of hydrogen-bond acceptors (Lipinski definition) is 4. The first-order valence-corrected chi connectivity index (χ1v) is 6.27. The molecule has 0 saturated heterocycles. The molecule has 0 aliphatic heterocycles. The first kappa shape index (κ1) is 14.9. The standard InChI is InChI=1S/C13H19N3O3/c14-12(17)10-19-13(18)16-9-4-1-2-6-11-7-3-5-8-15-11/h3,5,7-8H,1-2,4,6,9-10H2,(H2,14,17)(H,16,18). The molecule has 1 heterocycles. The van der Waals surface area contributed by atoms with E-state index >= 15 is 0 Å². The number of nitrogens with one attached hydrogen (secondary N) is 1. The Balaban J connectivity index is 1.96. The highest BCUT2D eigenvalue weighted by atomic mass is 16.6. The summed E-state index contributed by atoms with van der Waals surface area (Å²) in [5.41, 5.74) is 5.92. The maximum absolute atomic E-state index is 11.1. The van der Waals surface area contributed by atoms with E-state index in [9.17, 15) is 9.59 Å². The van der Waals surface area contributed by atoms with E-state index in [1.807, 2.05) is 18.2 Å². The molecule has 0 saturated carbocycles. The van der Waals surface area contributed by atoms with Crippen molar-refractivity contribution in [3.05, 3.63) is 30.1 Å². The second-order valence-electron chi connectivity index (χ2n) is 4.10. The molecule has 0 fully saturated rings. The maximum atomic E-state index is 11.1. The van der Waals surface area contributed by atoms with Crippen LogP contribution in [0.25, 0.3) is 0 Å². The van der Waals surface area contributed by atoms with Gasteiger partial charge in [0.15, 0.2) is 6.61 Å². The van der Waals surface area contributed by atoms with Gasteiger partial charge in [-0.15, -0.1) is 0 Å². The molecule has 6 heteroatoms. The molecule has 1 rings (SSSR count). The van der Waals surface area contributed by atoms with Gasteiger partial charge in [0.1, 0.15) is 0 Å². The molecule has 0 radical (unpaired) electrons. The monoisotopic (exact) mass is 265 g/mol. The molecule has 0 aliphatic carbocycles. The molecule has 6 nitrogen and oxygen atoms in total. The molecule has 0 spiro atoms. The number of ether oxygens (including phenoxy) is 1. The fourth-order valence-electron chi connectivity index (χ4n) is 1.53. The average Bonchev–Trinajstić information content (AvgIpc) is 2.41. The number of amides is 2. The smallest absolute Gasteiger partial charge is 0.407 e. The third-order valence-corrected chi connectivity index (χ3v) is 2.45. The van der Waals surface area contributed by atoms with E-state index in [-0.39, 0.29) is 6.61 Å². The van der Waals surface area contributed by atoms with Crippen LogP contribution in [0.5, 0.6) is 0 Å². The summed E-state index contributed by atoms with van der Waals surface area (Å²) in [5.74, 6) is -0.662. The zero-order valence-electron chi connectivity index (χ0n) is 10.8. The number of alkyl carbamates (subject to hydrolysis) is 1. The topological polar surface area (TPSA) is 94.3 Å². The molecule has 3 N–H and O–H groups in total. The zero-order chi connectivity index (χ0) is 13.9. The van der Waals surface area contributed by atoms with Crippen LogP contribution in [0.1, 0.15) is 25.0 Å². The number of aryl methyl sites for hydroxylation is 1. The Hall–Kier alpha value is -2.11. The van der Waals surface area contributed by atoms with Gasteiger partial charge in [0, 0.05) is 18.4 Å². The number of nitrogens with two attached hydrogens (primary N) is 1. The molecular formula is C13H19N3O3. The van der Waals surface area contributed by atoms with Crippen LogP contribution in [-0.2, 0) is 16.0 Å². The Kier molecular flexibility index (Phi) is 7.01. The van der Waals surface area contributed by atoms with Crippen molar-refractivity contribution in [1.82, 2.24) is 10.3 Å². The van der Waals surface area contributed by atoms with Crippen molar-refractivity contribution in [1.29, 1.82) is 0 Å². The summed E-state index contributed by atoms with van der Waals surface area (Å²) in [5, 5.41) is 2.55. The molecule has 0 aromatic carbocycles. The SMILES string of the molecule is NC(=O)COC(=O)NCCCCCc1ccccn1. The summed E-state index contributed by atoms with van der Waals surface area (Å²) < 4.78 is 4.54. The van der Waals surface area contributed by atoms with Crippen molar-refractivity contribution < 1.29 is 14.3 Å². The summed E-state index contributed by atoms with van der Waals surface area (Å²) in [7, 11) is 0. The van der Waals surface area contributed by atoms with Gasteiger partial charge in [0.25, 0.3) is 5.91 Å². The summed E-state index contributed by atoms with van der Waals surface area (Å²) in [6.07, 6.45) is 4.99. The number of primary amides is 1. The Morgan fingerprint density at radius 1 is 1.26 bits per heavy atom. The van der Waals surface area contributed by atoms with Crippen LogP contribution in [-0.4, -0.2) is 30.1 Å². The predicted molar refractivity (Wildman–Crippen MR) is 70.3 cm³/mol. The fourth-order valence-corrected chi connectivity index (χ4v) is 1.53. The minimum absolute atomic E-state index is 0.383. The van der Waals surface area contributed by atoms with Crippen molar-refractivity contribution >= 4 is 12.0 Å². The zero-order valence-corrected chi connectivity index (χ0v) is 10.8. The van der Waals surface area contributed by atoms with Gasteiger partial charge in [-0.25, -0.2) is 4.79 Å². The molecule has 0 unspecified atom stereocenters. The lowest BCUT2D eigenvalue weighted by molar-refractivity contribution is -0.120. The van der Waals surface area contributed by atoms with E-state index in [1.54, 1.807) is 6.20 Å². The molecule has 19 heavy (non-hydrogen) atoms. The van der Waals surface area contributed by atoms with Crippen LogP contribution in [0.2, 0.25) is 0 Å². The highest BCUT2D eigenvalue weighted by molar-refractivity contribution is 5.78. The number of rotatable bonds is 8. The summed E-state index contributed by atoms with van der Waals surface area (Å²) >= 11 is 0. The lowest BCUT2D eigenvalue weighted by Gasteiger charge is -2.05. The van der Waals surface area contributed by atoms with Crippen molar-refractivity contribution in [3.63, 3.8) is 0 Å². The lowest BCUT2D eigenvalue weighted by Crippen LogP contribution is -2.29. The Morgan fingerprint density at radius 3 is 2.79 bits per heavy atom. The molecule has 0 aliphatic rings. The second-order valence-corrected chi connectivity index (χ2v) is 4.10. The number of pyridine rings is 1. The Morgan fingerprint density at radius 2 is 2.11 bits per heavy atom. The molecule has 1 aromatic heterocycles. The van der Waals surface area contributed by atoms with Gasteiger partial charge in [-0.2, -0.15) is 0 Å². The highest BCUT2D eigenvalue weighted by Crippen LogP contribution is 2.02. The number of carbonyl (C=O) groups is 2. The Bertz CT molecular complexity index is 395.